The second kappa shape index (κ2) is 7.70. The molecule has 0 radical (unpaired) electrons. The zero-order chi connectivity index (χ0) is 17.7. The van der Waals surface area contributed by atoms with Crippen LogP contribution in [-0.4, -0.2) is 29.9 Å². The van der Waals surface area contributed by atoms with Crippen molar-refractivity contribution in [1.82, 2.24) is 9.97 Å². The lowest BCUT2D eigenvalue weighted by molar-refractivity contribution is 0.321. The van der Waals surface area contributed by atoms with E-state index in [1.807, 2.05) is 13.0 Å². The van der Waals surface area contributed by atoms with Crippen LogP contribution in [0.2, 0.25) is 0 Å². The van der Waals surface area contributed by atoms with E-state index in [-0.39, 0.29) is 17.9 Å². The molecular weight excluding hydrogens is 326 g/mol. The van der Waals surface area contributed by atoms with Gasteiger partial charge in [-0.1, -0.05) is 24.4 Å². The highest BCUT2D eigenvalue weighted by Crippen LogP contribution is 2.38. The summed E-state index contributed by atoms with van der Waals surface area (Å²) in [6.07, 6.45) is 1.79. The molecule has 0 aliphatic rings. The van der Waals surface area contributed by atoms with Crippen LogP contribution in [0, 0.1) is 11.3 Å². The molecule has 2 aromatic rings. The molecule has 0 fully saturated rings. The first-order chi connectivity index (χ1) is 11.5. The maximum absolute atomic E-state index is 12.1. The molecule has 0 saturated heterocycles. The summed E-state index contributed by atoms with van der Waals surface area (Å²) in [4.78, 5) is 19.1. The largest absolute Gasteiger partial charge is 0.493 e. The van der Waals surface area contributed by atoms with Gasteiger partial charge in [-0.25, -0.2) is 4.98 Å². The van der Waals surface area contributed by atoms with E-state index in [0.717, 1.165) is 5.57 Å². The minimum atomic E-state index is -0.486. The number of thioether (sulfide) groups is 1. The van der Waals surface area contributed by atoms with Crippen molar-refractivity contribution in [3.8, 4) is 28.8 Å². The van der Waals surface area contributed by atoms with Crippen LogP contribution in [-0.2, 0) is 0 Å². The number of H-pyrrole nitrogens is 1. The summed E-state index contributed by atoms with van der Waals surface area (Å²) in [5, 5.41) is 9.78. The highest BCUT2D eigenvalue weighted by atomic mass is 32.2. The van der Waals surface area contributed by atoms with Gasteiger partial charge in [0.1, 0.15) is 23.9 Å². The summed E-state index contributed by atoms with van der Waals surface area (Å²) in [5.74, 6) is 0.912. The van der Waals surface area contributed by atoms with Crippen molar-refractivity contribution in [2.75, 3.05) is 20.0 Å². The quantitative estimate of drug-likeness (QED) is 0.493. The maximum Gasteiger partial charge on any atom is 0.270 e. The van der Waals surface area contributed by atoms with Gasteiger partial charge in [0.15, 0.2) is 16.7 Å². The molecule has 0 saturated carbocycles. The normalized spacial score (nSPS) is 10.1. The van der Waals surface area contributed by atoms with Gasteiger partial charge < -0.3 is 14.5 Å². The smallest absolute Gasteiger partial charge is 0.270 e. The van der Waals surface area contributed by atoms with E-state index >= 15 is 0 Å². The van der Waals surface area contributed by atoms with Gasteiger partial charge >= 0.3 is 0 Å². The first-order valence-electron chi connectivity index (χ1n) is 7.04. The number of aromatic amines is 1. The summed E-state index contributed by atoms with van der Waals surface area (Å²) < 4.78 is 11.1. The highest BCUT2D eigenvalue weighted by Gasteiger charge is 2.20. The number of nitriles is 1. The van der Waals surface area contributed by atoms with E-state index in [1.165, 1.54) is 18.9 Å². The third-order valence-corrected chi connectivity index (χ3v) is 3.70. The number of nitrogens with zero attached hydrogens (tertiary/aromatic N) is 2. The zero-order valence-corrected chi connectivity index (χ0v) is 14.5. The van der Waals surface area contributed by atoms with Crippen molar-refractivity contribution in [3.63, 3.8) is 0 Å². The van der Waals surface area contributed by atoms with Crippen molar-refractivity contribution in [1.29, 1.82) is 5.26 Å². The molecule has 24 heavy (non-hydrogen) atoms. The lowest BCUT2D eigenvalue weighted by Gasteiger charge is -2.15. The Morgan fingerprint density at radius 1 is 1.50 bits per heavy atom. The lowest BCUT2D eigenvalue weighted by Crippen LogP contribution is -2.15. The van der Waals surface area contributed by atoms with Gasteiger partial charge in [0.2, 0.25) is 0 Å². The Morgan fingerprint density at radius 2 is 2.25 bits per heavy atom. The van der Waals surface area contributed by atoms with E-state index in [9.17, 15) is 10.1 Å². The fourth-order valence-electron chi connectivity index (χ4n) is 2.06. The predicted octanol–water partition coefficient (Wildman–Crippen LogP) is 2.99. The van der Waals surface area contributed by atoms with Crippen molar-refractivity contribution in [3.05, 3.63) is 46.3 Å². The second-order valence-corrected chi connectivity index (χ2v) is 5.79. The van der Waals surface area contributed by atoms with Crippen LogP contribution < -0.4 is 15.0 Å². The third-order valence-electron chi connectivity index (χ3n) is 3.12. The number of nitrogens with one attached hydrogen (secondary N) is 1. The summed E-state index contributed by atoms with van der Waals surface area (Å²) in [6, 6.07) is 7.15. The summed E-state index contributed by atoms with van der Waals surface area (Å²) in [6.45, 7) is 5.94. The van der Waals surface area contributed by atoms with E-state index < -0.39 is 5.56 Å². The van der Waals surface area contributed by atoms with Crippen LogP contribution in [0.5, 0.6) is 11.5 Å². The zero-order valence-electron chi connectivity index (χ0n) is 13.7. The molecule has 0 spiro atoms. The first-order valence-corrected chi connectivity index (χ1v) is 8.27. The van der Waals surface area contributed by atoms with Crippen molar-refractivity contribution in [2.24, 2.45) is 0 Å². The minimum Gasteiger partial charge on any atom is -0.493 e. The molecule has 1 heterocycles. The predicted molar refractivity (Wildman–Crippen MR) is 93.7 cm³/mol. The van der Waals surface area contributed by atoms with Crippen molar-refractivity contribution in [2.45, 2.75) is 12.1 Å². The summed E-state index contributed by atoms with van der Waals surface area (Å²) in [5.41, 5.74) is 1.06. The molecule has 124 valence electrons. The Balaban J connectivity index is 2.72. The molecule has 1 aromatic carbocycles. The SMILES string of the molecule is C=C(C)COc1c(OC)cccc1-c1nc(SC)[nH]c(=O)c1C#N. The Morgan fingerprint density at radius 3 is 2.83 bits per heavy atom. The Kier molecular flexibility index (Phi) is 5.66. The lowest BCUT2D eigenvalue weighted by atomic mass is 10.1. The van der Waals surface area contributed by atoms with Gasteiger partial charge in [-0.3, -0.25) is 4.79 Å². The molecule has 1 aromatic heterocycles. The van der Waals surface area contributed by atoms with Gasteiger partial charge in [-0.2, -0.15) is 5.26 Å². The van der Waals surface area contributed by atoms with Crippen LogP contribution in [0.15, 0.2) is 40.3 Å². The van der Waals surface area contributed by atoms with Crippen LogP contribution in [0.3, 0.4) is 0 Å². The van der Waals surface area contributed by atoms with Crippen LogP contribution in [0.4, 0.5) is 0 Å². The Bertz CT molecular complexity index is 868. The topological polar surface area (TPSA) is 88.0 Å². The number of methoxy groups -OCH3 is 1. The number of benzene rings is 1. The molecule has 0 aliphatic carbocycles. The molecular formula is C17H17N3O3S. The molecule has 0 atom stereocenters. The van der Waals surface area contributed by atoms with Gasteiger partial charge in [-0.15, -0.1) is 0 Å². The summed E-state index contributed by atoms with van der Waals surface area (Å²) >= 11 is 1.28. The molecule has 0 unspecified atom stereocenters. The van der Waals surface area contributed by atoms with Gasteiger partial charge in [0.05, 0.1) is 7.11 Å². The van der Waals surface area contributed by atoms with Gasteiger partial charge in [0.25, 0.3) is 5.56 Å². The van der Waals surface area contributed by atoms with Crippen LogP contribution >= 0.6 is 11.8 Å². The molecule has 0 aliphatic heterocycles. The highest BCUT2D eigenvalue weighted by molar-refractivity contribution is 7.98. The Labute approximate surface area is 144 Å². The average Bonchev–Trinajstić information content (AvgIpc) is 2.58. The van der Waals surface area contributed by atoms with E-state index in [4.69, 9.17) is 9.47 Å². The molecule has 7 heteroatoms. The standard InChI is InChI=1S/C17H17N3O3S/c1-10(2)9-23-15-11(6-5-7-13(15)22-3)14-12(8-18)16(21)20-17(19-14)24-4/h5-7H,1,9H2,2-4H3,(H,19,20,21). The second-order valence-electron chi connectivity index (χ2n) is 4.99. The molecule has 2 rings (SSSR count). The summed E-state index contributed by atoms with van der Waals surface area (Å²) in [7, 11) is 1.52. The Hall–Kier alpha value is -2.72. The van der Waals surface area contributed by atoms with Crippen LogP contribution in [0.25, 0.3) is 11.3 Å². The number of aromatic nitrogens is 2. The monoisotopic (exact) mass is 343 g/mol. The van der Waals surface area contributed by atoms with Crippen molar-refractivity contribution < 1.29 is 9.47 Å². The first kappa shape index (κ1) is 17.6. The fraction of sp³-hybridized carbons (Fsp3) is 0.235. The average molecular weight is 343 g/mol. The number of rotatable bonds is 6. The molecule has 6 nitrogen and oxygen atoms in total. The molecule has 0 bridgehead atoms. The van der Waals surface area contributed by atoms with E-state index in [0.29, 0.717) is 22.2 Å². The number of hydrogen-bond donors (Lipinski definition) is 1. The van der Waals surface area contributed by atoms with Gasteiger partial charge in [0, 0.05) is 5.56 Å². The number of ether oxygens (including phenoxy) is 2. The molecule has 1 N–H and O–H groups in total. The number of para-hydroxylation sites is 1. The van der Waals surface area contributed by atoms with Crippen molar-refractivity contribution >= 4 is 11.8 Å². The van der Waals surface area contributed by atoms with E-state index in [1.54, 1.807) is 24.5 Å². The minimum absolute atomic E-state index is 0.0683. The maximum atomic E-state index is 12.1. The number of hydrogen-bond acceptors (Lipinski definition) is 6. The van der Waals surface area contributed by atoms with Crippen LogP contribution in [0.1, 0.15) is 12.5 Å². The fourth-order valence-corrected chi connectivity index (χ4v) is 2.43. The third kappa shape index (κ3) is 3.60. The van der Waals surface area contributed by atoms with E-state index in [2.05, 4.69) is 16.5 Å². The molecule has 0 amide bonds. The van der Waals surface area contributed by atoms with Gasteiger partial charge in [-0.05, 0) is 30.9 Å².